The van der Waals surface area contributed by atoms with Crippen LogP contribution in [-0.2, 0) is 17.6 Å². The van der Waals surface area contributed by atoms with Gasteiger partial charge in [-0.1, -0.05) is 43.3 Å². The average Bonchev–Trinajstić information content (AvgIpc) is 2.37. The SMILES string of the molecule is CCc1ccc2cc(C[C@@H](O)CC(=O)O)ccc2c1. The topological polar surface area (TPSA) is 57.5 Å². The van der Waals surface area contributed by atoms with Crippen LogP contribution in [0.3, 0.4) is 0 Å². The highest BCUT2D eigenvalue weighted by Crippen LogP contribution is 2.19. The Morgan fingerprint density at radius 1 is 1.11 bits per heavy atom. The fourth-order valence-electron chi connectivity index (χ4n) is 2.24. The maximum Gasteiger partial charge on any atom is 0.305 e. The van der Waals surface area contributed by atoms with Gasteiger partial charge in [-0.2, -0.15) is 0 Å². The van der Waals surface area contributed by atoms with E-state index in [1.807, 2.05) is 18.2 Å². The van der Waals surface area contributed by atoms with E-state index in [1.165, 1.54) is 10.9 Å². The summed E-state index contributed by atoms with van der Waals surface area (Å²) in [5.74, 6) is -0.971. The minimum Gasteiger partial charge on any atom is -0.481 e. The summed E-state index contributed by atoms with van der Waals surface area (Å²) in [4.78, 5) is 10.5. The minimum absolute atomic E-state index is 0.215. The first-order chi connectivity index (χ1) is 9.08. The highest BCUT2D eigenvalue weighted by molar-refractivity contribution is 5.83. The van der Waals surface area contributed by atoms with Gasteiger partial charge in [-0.05, 0) is 34.7 Å². The molecule has 0 amide bonds. The van der Waals surface area contributed by atoms with E-state index < -0.39 is 12.1 Å². The van der Waals surface area contributed by atoms with Crippen LogP contribution in [0.4, 0.5) is 0 Å². The molecule has 0 saturated heterocycles. The van der Waals surface area contributed by atoms with Crippen LogP contribution < -0.4 is 0 Å². The van der Waals surface area contributed by atoms with Crippen molar-refractivity contribution >= 4 is 16.7 Å². The van der Waals surface area contributed by atoms with E-state index in [2.05, 4.69) is 25.1 Å². The molecule has 0 aromatic heterocycles. The zero-order chi connectivity index (χ0) is 13.8. The van der Waals surface area contributed by atoms with E-state index >= 15 is 0 Å². The van der Waals surface area contributed by atoms with Crippen molar-refractivity contribution in [1.29, 1.82) is 0 Å². The first kappa shape index (κ1) is 13.6. The van der Waals surface area contributed by atoms with E-state index in [0.717, 1.165) is 17.4 Å². The van der Waals surface area contributed by atoms with E-state index in [4.69, 9.17) is 5.11 Å². The summed E-state index contributed by atoms with van der Waals surface area (Å²) in [5.41, 5.74) is 2.26. The van der Waals surface area contributed by atoms with Crippen molar-refractivity contribution in [2.45, 2.75) is 32.3 Å². The van der Waals surface area contributed by atoms with Gasteiger partial charge in [0.15, 0.2) is 0 Å². The molecule has 0 aliphatic carbocycles. The number of aliphatic hydroxyl groups excluding tert-OH is 1. The molecule has 0 aliphatic rings. The summed E-state index contributed by atoms with van der Waals surface area (Å²) >= 11 is 0. The first-order valence-electron chi connectivity index (χ1n) is 6.50. The third kappa shape index (κ3) is 3.55. The molecule has 0 spiro atoms. The molecule has 2 rings (SSSR count). The van der Waals surface area contributed by atoms with Crippen LogP contribution in [0.1, 0.15) is 24.5 Å². The molecular formula is C16H18O3. The van der Waals surface area contributed by atoms with Gasteiger partial charge in [-0.25, -0.2) is 0 Å². The molecular weight excluding hydrogens is 240 g/mol. The van der Waals surface area contributed by atoms with Crippen LogP contribution in [0.2, 0.25) is 0 Å². The number of carboxylic acids is 1. The van der Waals surface area contributed by atoms with Crippen molar-refractivity contribution in [3.63, 3.8) is 0 Å². The molecule has 0 radical (unpaired) electrons. The zero-order valence-electron chi connectivity index (χ0n) is 11.0. The van der Waals surface area contributed by atoms with Crippen molar-refractivity contribution in [3.05, 3.63) is 47.5 Å². The molecule has 0 saturated carbocycles. The monoisotopic (exact) mass is 258 g/mol. The van der Waals surface area contributed by atoms with E-state index in [0.29, 0.717) is 6.42 Å². The standard InChI is InChI=1S/C16H18O3/c1-2-11-3-5-14-8-12(4-6-13(14)7-11)9-15(17)10-16(18)19/h3-8,15,17H,2,9-10H2,1H3,(H,18,19)/t15-/m1/s1. The number of carbonyl (C=O) groups is 1. The van der Waals surface area contributed by atoms with E-state index in [1.54, 1.807) is 0 Å². The summed E-state index contributed by atoms with van der Waals surface area (Å²) in [6.45, 7) is 2.12. The molecule has 2 N–H and O–H groups in total. The molecule has 1 atom stereocenters. The van der Waals surface area contributed by atoms with Crippen molar-refractivity contribution < 1.29 is 15.0 Å². The fraction of sp³-hybridized carbons (Fsp3) is 0.312. The summed E-state index contributed by atoms with van der Waals surface area (Å²) in [6.07, 6.45) is 0.337. The maximum absolute atomic E-state index is 10.5. The quantitative estimate of drug-likeness (QED) is 0.867. The van der Waals surface area contributed by atoms with Crippen molar-refractivity contribution in [2.24, 2.45) is 0 Å². The Balaban J connectivity index is 2.19. The highest BCUT2D eigenvalue weighted by Gasteiger charge is 2.10. The van der Waals surface area contributed by atoms with Crippen molar-refractivity contribution in [3.8, 4) is 0 Å². The number of aryl methyl sites for hydroxylation is 1. The Kier molecular flexibility index (Phi) is 4.17. The smallest absolute Gasteiger partial charge is 0.305 e. The lowest BCUT2D eigenvalue weighted by molar-refractivity contribution is -0.139. The van der Waals surface area contributed by atoms with E-state index in [-0.39, 0.29) is 6.42 Å². The molecule has 2 aromatic carbocycles. The van der Waals surface area contributed by atoms with Gasteiger partial charge in [-0.3, -0.25) is 4.79 Å². The van der Waals surface area contributed by atoms with Crippen LogP contribution in [0.15, 0.2) is 36.4 Å². The normalized spacial score (nSPS) is 12.5. The zero-order valence-corrected chi connectivity index (χ0v) is 11.0. The third-order valence-electron chi connectivity index (χ3n) is 3.26. The number of aliphatic carboxylic acids is 1. The molecule has 3 nitrogen and oxygen atoms in total. The number of rotatable bonds is 5. The summed E-state index contributed by atoms with van der Waals surface area (Å²) in [6, 6.07) is 12.3. The molecule has 0 unspecified atom stereocenters. The van der Waals surface area contributed by atoms with Crippen LogP contribution in [0, 0.1) is 0 Å². The lowest BCUT2D eigenvalue weighted by atomic mass is 10.00. The summed E-state index contributed by atoms with van der Waals surface area (Å²) in [7, 11) is 0. The van der Waals surface area contributed by atoms with E-state index in [9.17, 15) is 9.90 Å². The summed E-state index contributed by atoms with van der Waals surface area (Å²) < 4.78 is 0. The van der Waals surface area contributed by atoms with Gasteiger partial charge < -0.3 is 10.2 Å². The largest absolute Gasteiger partial charge is 0.481 e. The van der Waals surface area contributed by atoms with Gasteiger partial charge in [0, 0.05) is 0 Å². The second kappa shape index (κ2) is 5.85. The van der Waals surface area contributed by atoms with Gasteiger partial charge in [0.25, 0.3) is 0 Å². The minimum atomic E-state index is -0.971. The number of carboxylic acid groups (broad SMARTS) is 1. The molecule has 2 aromatic rings. The van der Waals surface area contributed by atoms with Crippen LogP contribution >= 0.6 is 0 Å². The van der Waals surface area contributed by atoms with Gasteiger partial charge >= 0.3 is 5.97 Å². The van der Waals surface area contributed by atoms with Crippen molar-refractivity contribution in [2.75, 3.05) is 0 Å². The Bertz CT molecular complexity index is 590. The third-order valence-corrected chi connectivity index (χ3v) is 3.26. The first-order valence-corrected chi connectivity index (χ1v) is 6.50. The van der Waals surface area contributed by atoms with Gasteiger partial charge in [-0.15, -0.1) is 0 Å². The molecule has 0 bridgehead atoms. The average molecular weight is 258 g/mol. The number of aliphatic hydroxyl groups is 1. The van der Waals surface area contributed by atoms with Gasteiger partial charge in [0.2, 0.25) is 0 Å². The predicted molar refractivity (Wildman–Crippen MR) is 75.3 cm³/mol. The molecule has 3 heteroatoms. The summed E-state index contributed by atoms with van der Waals surface area (Å²) in [5, 5.41) is 20.6. The Labute approximate surface area is 112 Å². The molecule has 0 aliphatic heterocycles. The van der Waals surface area contributed by atoms with Crippen molar-refractivity contribution in [1.82, 2.24) is 0 Å². The van der Waals surface area contributed by atoms with Gasteiger partial charge in [0.05, 0.1) is 12.5 Å². The molecule has 0 heterocycles. The molecule has 0 fully saturated rings. The fourth-order valence-corrected chi connectivity index (χ4v) is 2.24. The molecule has 19 heavy (non-hydrogen) atoms. The number of fused-ring (bicyclic) bond motifs is 1. The molecule has 100 valence electrons. The predicted octanol–water partition coefficient (Wildman–Crippen LogP) is 2.78. The van der Waals surface area contributed by atoms with Crippen LogP contribution in [-0.4, -0.2) is 22.3 Å². The highest BCUT2D eigenvalue weighted by atomic mass is 16.4. The lowest BCUT2D eigenvalue weighted by Crippen LogP contribution is -2.15. The van der Waals surface area contributed by atoms with Crippen LogP contribution in [0.25, 0.3) is 10.8 Å². The number of hydrogen-bond acceptors (Lipinski definition) is 2. The maximum atomic E-state index is 10.5. The van der Waals surface area contributed by atoms with Crippen LogP contribution in [0.5, 0.6) is 0 Å². The Morgan fingerprint density at radius 3 is 2.26 bits per heavy atom. The Morgan fingerprint density at radius 2 is 1.68 bits per heavy atom. The number of benzene rings is 2. The number of hydrogen-bond donors (Lipinski definition) is 2. The van der Waals surface area contributed by atoms with Gasteiger partial charge in [0.1, 0.15) is 0 Å². The second-order valence-electron chi connectivity index (χ2n) is 4.83. The second-order valence-corrected chi connectivity index (χ2v) is 4.83. The lowest BCUT2D eigenvalue weighted by Gasteiger charge is -2.09. The Hall–Kier alpha value is -1.87.